The van der Waals surface area contributed by atoms with E-state index in [9.17, 15) is 4.79 Å². The average molecular weight is 254 g/mol. The number of rotatable bonds is 5. The van der Waals surface area contributed by atoms with Gasteiger partial charge in [-0.1, -0.05) is 37.5 Å². The van der Waals surface area contributed by atoms with Crippen LogP contribution >= 0.6 is 0 Å². The van der Waals surface area contributed by atoms with Crippen LogP contribution in [0, 0.1) is 12.3 Å². The van der Waals surface area contributed by atoms with Crippen molar-refractivity contribution in [3.63, 3.8) is 0 Å². The number of amides is 1. The van der Waals surface area contributed by atoms with Gasteiger partial charge in [-0.15, -0.1) is 6.42 Å². The summed E-state index contributed by atoms with van der Waals surface area (Å²) in [5.74, 6) is 2.58. The number of hydrogen-bond acceptors (Lipinski definition) is 1. The summed E-state index contributed by atoms with van der Waals surface area (Å²) >= 11 is 0. The molecule has 98 valence electrons. The Balaban J connectivity index is 2.05. The second-order valence-corrected chi connectivity index (χ2v) is 4.61. The Labute approximate surface area is 113 Å². The summed E-state index contributed by atoms with van der Waals surface area (Å²) in [6.07, 6.45) is 9.41. The maximum absolute atomic E-state index is 12.0. The molecule has 1 aromatic carbocycles. The number of fused-ring (bicyclic) bond motifs is 1. The van der Waals surface area contributed by atoms with E-state index >= 15 is 0 Å². The predicted octanol–water partition coefficient (Wildman–Crippen LogP) is 2.63. The predicted molar refractivity (Wildman–Crippen MR) is 77.7 cm³/mol. The zero-order chi connectivity index (χ0) is 13.7. The van der Waals surface area contributed by atoms with Gasteiger partial charge in [0, 0.05) is 17.1 Å². The molecule has 0 aliphatic carbocycles. The molecule has 0 radical (unpaired) electrons. The summed E-state index contributed by atoms with van der Waals surface area (Å²) in [7, 11) is 0. The molecule has 0 spiro atoms. The van der Waals surface area contributed by atoms with Gasteiger partial charge in [0.2, 0.25) is 5.91 Å². The summed E-state index contributed by atoms with van der Waals surface area (Å²) in [5, 5.41) is 3.97. The molecule has 1 amide bonds. The summed E-state index contributed by atoms with van der Waals surface area (Å²) in [4.78, 5) is 15.1. The van der Waals surface area contributed by atoms with Gasteiger partial charge in [-0.25, -0.2) is 0 Å². The topological polar surface area (TPSA) is 44.9 Å². The number of terminal acetylenes is 1. The lowest BCUT2D eigenvalue weighted by atomic mass is 10.1. The molecule has 3 nitrogen and oxygen atoms in total. The number of aromatic amines is 1. The molecule has 2 N–H and O–H groups in total. The van der Waals surface area contributed by atoms with Crippen LogP contribution in [-0.4, -0.2) is 16.9 Å². The van der Waals surface area contributed by atoms with Crippen LogP contribution in [0.1, 0.15) is 25.3 Å². The van der Waals surface area contributed by atoms with Crippen molar-refractivity contribution in [3.05, 3.63) is 36.0 Å². The zero-order valence-electron chi connectivity index (χ0n) is 11.1. The Kier molecular flexibility index (Phi) is 4.25. The Morgan fingerprint density at radius 1 is 1.47 bits per heavy atom. The molecular weight excluding hydrogens is 236 g/mol. The number of hydrogen-bond donors (Lipinski definition) is 2. The molecule has 0 bridgehead atoms. The molecule has 1 heterocycles. The van der Waals surface area contributed by atoms with Crippen LogP contribution in [0.5, 0.6) is 0 Å². The highest BCUT2D eigenvalue weighted by atomic mass is 16.1. The van der Waals surface area contributed by atoms with E-state index in [2.05, 4.69) is 23.1 Å². The maximum atomic E-state index is 12.0. The van der Waals surface area contributed by atoms with Crippen molar-refractivity contribution < 1.29 is 4.79 Å². The summed E-state index contributed by atoms with van der Waals surface area (Å²) in [6, 6.07) is 7.79. The van der Waals surface area contributed by atoms with Crippen molar-refractivity contribution in [1.82, 2.24) is 10.3 Å². The molecule has 19 heavy (non-hydrogen) atoms. The second-order valence-electron chi connectivity index (χ2n) is 4.61. The lowest BCUT2D eigenvalue weighted by Gasteiger charge is -2.11. The van der Waals surface area contributed by atoms with E-state index in [1.807, 2.05) is 30.5 Å². The largest absolute Gasteiger partial charge is 0.361 e. The SMILES string of the molecule is C#CC(CCC)NC(=O)Cc1c[nH]c2ccccc12. The quantitative estimate of drug-likeness (QED) is 0.792. The smallest absolute Gasteiger partial charge is 0.225 e. The molecule has 0 saturated heterocycles. The monoisotopic (exact) mass is 254 g/mol. The van der Waals surface area contributed by atoms with Crippen molar-refractivity contribution >= 4 is 16.8 Å². The first-order valence-electron chi connectivity index (χ1n) is 6.55. The van der Waals surface area contributed by atoms with Crippen LogP contribution in [0.3, 0.4) is 0 Å². The van der Waals surface area contributed by atoms with Crippen LogP contribution in [0.15, 0.2) is 30.5 Å². The molecule has 0 aliphatic heterocycles. The molecule has 1 unspecified atom stereocenters. The van der Waals surface area contributed by atoms with E-state index in [4.69, 9.17) is 6.42 Å². The zero-order valence-corrected chi connectivity index (χ0v) is 11.1. The molecule has 2 aromatic rings. The van der Waals surface area contributed by atoms with Crippen molar-refractivity contribution in [2.45, 2.75) is 32.2 Å². The Bertz CT molecular complexity index is 606. The highest BCUT2D eigenvalue weighted by molar-refractivity contribution is 5.89. The minimum atomic E-state index is -0.164. The number of carbonyl (C=O) groups is 1. The minimum absolute atomic E-state index is 0.0267. The number of benzene rings is 1. The van der Waals surface area contributed by atoms with Gasteiger partial charge in [-0.2, -0.15) is 0 Å². The van der Waals surface area contributed by atoms with E-state index in [1.165, 1.54) is 0 Å². The molecule has 3 heteroatoms. The van der Waals surface area contributed by atoms with Crippen molar-refractivity contribution in [2.24, 2.45) is 0 Å². The van der Waals surface area contributed by atoms with Gasteiger partial charge in [0.05, 0.1) is 12.5 Å². The highest BCUT2D eigenvalue weighted by Crippen LogP contribution is 2.18. The van der Waals surface area contributed by atoms with Crippen LogP contribution in [0.2, 0.25) is 0 Å². The number of aromatic nitrogens is 1. The Hall–Kier alpha value is -2.21. The summed E-state index contributed by atoms with van der Waals surface area (Å²) in [5.41, 5.74) is 2.05. The summed E-state index contributed by atoms with van der Waals surface area (Å²) in [6.45, 7) is 2.05. The number of nitrogens with one attached hydrogen (secondary N) is 2. The van der Waals surface area contributed by atoms with E-state index < -0.39 is 0 Å². The van der Waals surface area contributed by atoms with Crippen LogP contribution < -0.4 is 5.32 Å². The van der Waals surface area contributed by atoms with E-state index in [0.717, 1.165) is 29.3 Å². The third-order valence-electron chi connectivity index (χ3n) is 3.14. The lowest BCUT2D eigenvalue weighted by Crippen LogP contribution is -2.34. The Morgan fingerprint density at radius 3 is 3.00 bits per heavy atom. The molecule has 1 aromatic heterocycles. The third-order valence-corrected chi connectivity index (χ3v) is 3.14. The fourth-order valence-electron chi connectivity index (χ4n) is 2.18. The van der Waals surface area contributed by atoms with Crippen molar-refractivity contribution in [2.75, 3.05) is 0 Å². The standard InChI is InChI=1S/C16H18N2O/c1-3-7-13(4-2)18-16(19)10-12-11-17-15-9-6-5-8-14(12)15/h2,5-6,8-9,11,13,17H,3,7,10H2,1H3,(H,18,19). The second kappa shape index (κ2) is 6.10. The van der Waals surface area contributed by atoms with Crippen molar-refractivity contribution in [3.8, 4) is 12.3 Å². The fourth-order valence-corrected chi connectivity index (χ4v) is 2.18. The van der Waals surface area contributed by atoms with Gasteiger partial charge in [0.15, 0.2) is 0 Å². The fraction of sp³-hybridized carbons (Fsp3) is 0.312. The van der Waals surface area contributed by atoms with Crippen LogP contribution in [-0.2, 0) is 11.2 Å². The molecule has 2 rings (SSSR count). The first-order valence-corrected chi connectivity index (χ1v) is 6.55. The summed E-state index contributed by atoms with van der Waals surface area (Å²) < 4.78 is 0. The first-order chi connectivity index (χ1) is 9.24. The Morgan fingerprint density at radius 2 is 2.26 bits per heavy atom. The van der Waals surface area contributed by atoms with Crippen LogP contribution in [0.4, 0.5) is 0 Å². The molecule has 0 fully saturated rings. The maximum Gasteiger partial charge on any atom is 0.225 e. The van der Waals surface area contributed by atoms with Gasteiger partial charge < -0.3 is 10.3 Å². The number of carbonyl (C=O) groups excluding carboxylic acids is 1. The highest BCUT2D eigenvalue weighted by Gasteiger charge is 2.11. The number of para-hydroxylation sites is 1. The van der Waals surface area contributed by atoms with Crippen molar-refractivity contribution in [1.29, 1.82) is 0 Å². The average Bonchev–Trinajstić information content (AvgIpc) is 2.82. The van der Waals surface area contributed by atoms with E-state index in [-0.39, 0.29) is 11.9 Å². The van der Waals surface area contributed by atoms with Gasteiger partial charge in [0.25, 0.3) is 0 Å². The molecule has 0 aliphatic rings. The van der Waals surface area contributed by atoms with Gasteiger partial charge >= 0.3 is 0 Å². The van der Waals surface area contributed by atoms with Gasteiger partial charge in [0.1, 0.15) is 0 Å². The van der Waals surface area contributed by atoms with Crippen LogP contribution in [0.25, 0.3) is 10.9 Å². The normalized spacial score (nSPS) is 12.0. The molecular formula is C16H18N2O. The van der Waals surface area contributed by atoms with Gasteiger partial charge in [-0.3, -0.25) is 4.79 Å². The molecule has 1 atom stereocenters. The first kappa shape index (κ1) is 13.2. The minimum Gasteiger partial charge on any atom is -0.361 e. The lowest BCUT2D eigenvalue weighted by molar-refractivity contribution is -0.120. The van der Waals surface area contributed by atoms with E-state index in [0.29, 0.717) is 6.42 Å². The number of H-pyrrole nitrogens is 1. The third kappa shape index (κ3) is 3.17. The van der Waals surface area contributed by atoms with Gasteiger partial charge in [-0.05, 0) is 18.1 Å². The molecule has 0 saturated carbocycles. The van der Waals surface area contributed by atoms with E-state index in [1.54, 1.807) is 0 Å².